The minimum atomic E-state index is -0.693. The second kappa shape index (κ2) is 7.91. The number of carbonyl (C=O) groups excluding carboxylic acids is 1. The summed E-state index contributed by atoms with van der Waals surface area (Å²) in [5, 5.41) is 14.4. The third-order valence-corrected chi connectivity index (χ3v) is 5.08. The normalized spacial score (nSPS) is 17.6. The summed E-state index contributed by atoms with van der Waals surface area (Å²) in [6.07, 6.45) is 4.42. The number of halogens is 2. The van der Waals surface area contributed by atoms with Crippen molar-refractivity contribution in [1.29, 1.82) is 5.26 Å². The van der Waals surface area contributed by atoms with E-state index in [1.165, 1.54) is 23.5 Å². The molecule has 0 bridgehead atoms. The molecule has 1 radical (unpaired) electrons. The van der Waals surface area contributed by atoms with Crippen LogP contribution >= 0.6 is 0 Å². The van der Waals surface area contributed by atoms with Crippen molar-refractivity contribution >= 4 is 17.9 Å². The molecule has 1 aromatic carbocycles. The monoisotopic (exact) mass is 395 g/mol. The molecule has 9 heteroatoms. The molecule has 0 N–H and O–H groups in total. The third kappa shape index (κ3) is 3.92. The van der Waals surface area contributed by atoms with Gasteiger partial charge in [-0.05, 0) is 30.5 Å². The molecule has 7 nitrogen and oxygen atoms in total. The summed E-state index contributed by atoms with van der Waals surface area (Å²) in [4.78, 5) is 23.1. The molecule has 0 aliphatic carbocycles. The van der Waals surface area contributed by atoms with Crippen molar-refractivity contribution in [2.24, 2.45) is 11.0 Å². The van der Waals surface area contributed by atoms with Crippen LogP contribution in [0.2, 0.25) is 0 Å². The highest BCUT2D eigenvalue weighted by atomic mass is 19.1. The number of amides is 1. The van der Waals surface area contributed by atoms with Gasteiger partial charge in [0.2, 0.25) is 5.91 Å². The Kier molecular flexibility index (Phi) is 5.16. The van der Waals surface area contributed by atoms with Gasteiger partial charge in [0.05, 0.1) is 0 Å². The molecular formula is C20H17F2N6O. The molecule has 147 valence electrons. The second-order valence-electron chi connectivity index (χ2n) is 6.89. The molecule has 0 unspecified atom stereocenters. The summed E-state index contributed by atoms with van der Waals surface area (Å²) in [5.41, 5.74) is 0.608. The molecule has 1 aromatic heterocycles. The van der Waals surface area contributed by atoms with Crippen molar-refractivity contribution in [1.82, 2.24) is 15.0 Å². The Labute approximate surface area is 166 Å². The van der Waals surface area contributed by atoms with Crippen molar-refractivity contribution in [2.75, 3.05) is 18.0 Å². The predicted molar refractivity (Wildman–Crippen MR) is 100 cm³/mol. The predicted octanol–water partition coefficient (Wildman–Crippen LogP) is 2.64. The van der Waals surface area contributed by atoms with Crippen molar-refractivity contribution in [2.45, 2.75) is 19.3 Å². The molecule has 3 heterocycles. The van der Waals surface area contributed by atoms with Crippen LogP contribution in [-0.4, -0.2) is 40.2 Å². The Morgan fingerprint density at radius 3 is 2.52 bits per heavy atom. The van der Waals surface area contributed by atoms with Crippen LogP contribution in [0.5, 0.6) is 0 Å². The smallest absolute Gasteiger partial charge is 0.246 e. The summed E-state index contributed by atoms with van der Waals surface area (Å²) in [5.74, 6) is -1.17. The molecule has 1 fully saturated rings. The van der Waals surface area contributed by atoms with Gasteiger partial charge in [0.25, 0.3) is 0 Å². The molecule has 1 amide bonds. The van der Waals surface area contributed by atoms with E-state index in [0.717, 1.165) is 6.07 Å². The lowest BCUT2D eigenvalue weighted by molar-refractivity contribution is -0.135. The number of hydrogen-bond donors (Lipinski definition) is 0. The number of hydrazone groups is 1. The maximum Gasteiger partial charge on any atom is 0.246 e. The van der Waals surface area contributed by atoms with Crippen LogP contribution in [0.4, 0.5) is 14.6 Å². The van der Waals surface area contributed by atoms with Crippen LogP contribution in [0.15, 0.2) is 35.7 Å². The number of aromatic nitrogens is 2. The molecule has 2 aliphatic heterocycles. The van der Waals surface area contributed by atoms with Gasteiger partial charge in [0.15, 0.2) is 0 Å². The average molecular weight is 395 g/mol. The van der Waals surface area contributed by atoms with Crippen LogP contribution in [0.25, 0.3) is 0 Å². The fourth-order valence-corrected chi connectivity index (χ4v) is 3.63. The highest BCUT2D eigenvalue weighted by Gasteiger charge is 2.36. The Hall–Kier alpha value is -3.41. The van der Waals surface area contributed by atoms with E-state index in [9.17, 15) is 13.6 Å². The fourth-order valence-electron chi connectivity index (χ4n) is 3.63. The van der Waals surface area contributed by atoms with Gasteiger partial charge >= 0.3 is 0 Å². The third-order valence-electron chi connectivity index (χ3n) is 5.08. The Morgan fingerprint density at radius 2 is 1.83 bits per heavy atom. The van der Waals surface area contributed by atoms with Crippen molar-refractivity contribution in [3.8, 4) is 6.07 Å². The van der Waals surface area contributed by atoms with Gasteiger partial charge in [0, 0.05) is 43.8 Å². The lowest BCUT2D eigenvalue weighted by atomic mass is 9.94. The minimum Gasteiger partial charge on any atom is -0.356 e. The number of anilines is 1. The fraction of sp³-hybridized carbons (Fsp3) is 0.300. The maximum absolute atomic E-state index is 13.6. The quantitative estimate of drug-likeness (QED) is 0.798. The summed E-state index contributed by atoms with van der Waals surface area (Å²) in [7, 11) is 0. The van der Waals surface area contributed by atoms with Gasteiger partial charge < -0.3 is 4.90 Å². The number of rotatable bonds is 3. The van der Waals surface area contributed by atoms with Crippen molar-refractivity contribution < 1.29 is 13.6 Å². The summed E-state index contributed by atoms with van der Waals surface area (Å²) in [6.45, 7) is 1.19. The van der Waals surface area contributed by atoms with Gasteiger partial charge in [-0.3, -0.25) is 4.79 Å². The summed E-state index contributed by atoms with van der Waals surface area (Å²) < 4.78 is 27.2. The first-order chi connectivity index (χ1) is 14.0. The number of piperidine rings is 1. The Bertz CT molecular complexity index is 976. The number of hydrogen-bond acceptors (Lipinski definition) is 6. The molecular weight excluding hydrogens is 378 g/mol. The van der Waals surface area contributed by atoms with E-state index < -0.39 is 11.6 Å². The largest absolute Gasteiger partial charge is 0.356 e. The zero-order chi connectivity index (χ0) is 20.4. The van der Waals surface area contributed by atoms with Crippen LogP contribution in [0.3, 0.4) is 0 Å². The topological polar surface area (TPSA) is 85.5 Å². The lowest BCUT2D eigenvalue weighted by Crippen LogP contribution is -2.41. The molecule has 2 aliphatic rings. The van der Waals surface area contributed by atoms with Crippen molar-refractivity contribution in [3.63, 3.8) is 0 Å². The van der Waals surface area contributed by atoms with Gasteiger partial charge in [-0.15, -0.1) is 0 Å². The summed E-state index contributed by atoms with van der Waals surface area (Å²) >= 11 is 0. The SMILES string of the molecule is N#Cc1cc(N2CCC(C(=O)N3N=CC[C]3c3cc(F)cc(F)c3)CC2)ncn1. The Morgan fingerprint density at radius 1 is 1.10 bits per heavy atom. The van der Waals surface area contributed by atoms with Gasteiger partial charge in [-0.2, -0.15) is 10.4 Å². The van der Waals surface area contributed by atoms with Crippen LogP contribution in [0.1, 0.15) is 30.5 Å². The molecule has 29 heavy (non-hydrogen) atoms. The van der Waals surface area contributed by atoms with Crippen molar-refractivity contribution in [3.05, 3.63) is 59.5 Å². The molecule has 2 aromatic rings. The standard InChI is InChI=1S/C20H17F2N6O/c21-15-7-14(8-16(22)9-15)18-1-4-26-28(18)20(29)13-2-5-27(6-3-13)19-10-17(11-23)24-12-25-19/h4,7-10,12-13H,1-3,5-6H2. The van der Waals surface area contributed by atoms with Gasteiger partial charge in [-0.25, -0.2) is 23.8 Å². The van der Waals surface area contributed by atoms with E-state index in [-0.39, 0.29) is 11.8 Å². The Balaban J connectivity index is 1.43. The molecule has 1 saturated heterocycles. The first kappa shape index (κ1) is 18.9. The highest BCUT2D eigenvalue weighted by molar-refractivity contribution is 5.84. The van der Waals surface area contributed by atoms with E-state index >= 15 is 0 Å². The lowest BCUT2D eigenvalue weighted by Gasteiger charge is -2.34. The molecule has 0 spiro atoms. The van der Waals surface area contributed by atoms with E-state index in [4.69, 9.17) is 5.26 Å². The van der Waals surface area contributed by atoms with Crippen LogP contribution < -0.4 is 4.90 Å². The number of carbonyl (C=O) groups is 1. The van der Waals surface area contributed by atoms with E-state index in [1.54, 1.807) is 12.3 Å². The number of nitrogens with zero attached hydrogens (tertiary/aromatic N) is 6. The first-order valence-electron chi connectivity index (χ1n) is 9.21. The van der Waals surface area contributed by atoms with E-state index in [2.05, 4.69) is 15.1 Å². The zero-order valence-corrected chi connectivity index (χ0v) is 15.4. The summed E-state index contributed by atoms with van der Waals surface area (Å²) in [6, 6.07) is 7.30. The zero-order valence-electron chi connectivity index (χ0n) is 15.4. The van der Waals surface area contributed by atoms with Crippen LogP contribution in [0, 0.1) is 34.9 Å². The molecule has 0 atom stereocenters. The van der Waals surface area contributed by atoms with Gasteiger partial charge in [0.1, 0.15) is 41.6 Å². The minimum absolute atomic E-state index is 0.182. The average Bonchev–Trinajstić information content (AvgIpc) is 3.23. The number of benzene rings is 1. The van der Waals surface area contributed by atoms with E-state index in [1.807, 2.05) is 11.0 Å². The van der Waals surface area contributed by atoms with E-state index in [0.29, 0.717) is 55.5 Å². The first-order valence-corrected chi connectivity index (χ1v) is 9.21. The highest BCUT2D eigenvalue weighted by Crippen LogP contribution is 2.32. The van der Waals surface area contributed by atoms with Gasteiger partial charge in [-0.1, -0.05) is 0 Å². The second-order valence-corrected chi connectivity index (χ2v) is 6.89. The van der Waals surface area contributed by atoms with Crippen LogP contribution in [-0.2, 0) is 4.79 Å². The number of nitriles is 1. The maximum atomic E-state index is 13.6. The molecule has 0 saturated carbocycles. The molecule has 4 rings (SSSR count).